The molecule has 0 saturated heterocycles. The van der Waals surface area contributed by atoms with Gasteiger partial charge in [0.15, 0.2) is 11.0 Å². The second-order valence-corrected chi connectivity index (χ2v) is 7.87. The fourth-order valence-corrected chi connectivity index (χ4v) is 3.74. The van der Waals surface area contributed by atoms with Crippen LogP contribution >= 0.6 is 11.8 Å². The average molecular weight is 461 g/mol. The number of hydrogen-bond acceptors (Lipinski definition) is 6. The van der Waals surface area contributed by atoms with Gasteiger partial charge in [-0.15, -0.1) is 10.2 Å². The molecule has 0 aliphatic carbocycles. The van der Waals surface area contributed by atoms with Crippen LogP contribution in [0.15, 0.2) is 95.2 Å². The Kier molecular flexibility index (Phi) is 7.44. The molecule has 0 aliphatic heterocycles. The molecule has 1 amide bonds. The molecule has 0 spiro atoms. The summed E-state index contributed by atoms with van der Waals surface area (Å²) < 4.78 is 14.9. The van der Waals surface area contributed by atoms with Gasteiger partial charge in [-0.05, 0) is 42.0 Å². The maximum absolute atomic E-state index is 13.0. The molecule has 9 heteroatoms. The van der Waals surface area contributed by atoms with E-state index in [0.717, 1.165) is 17.2 Å². The van der Waals surface area contributed by atoms with E-state index in [1.807, 2.05) is 65.2 Å². The second kappa shape index (κ2) is 11.1. The molecule has 7 nitrogen and oxygen atoms in total. The molecule has 2 N–H and O–H groups in total. The van der Waals surface area contributed by atoms with Gasteiger partial charge in [0.05, 0.1) is 18.5 Å². The number of aromatic nitrogens is 3. The van der Waals surface area contributed by atoms with Crippen molar-refractivity contribution in [1.82, 2.24) is 20.2 Å². The number of nitrogens with zero attached hydrogens (tertiary/aromatic N) is 4. The summed E-state index contributed by atoms with van der Waals surface area (Å²) in [5, 5.41) is 16.5. The average Bonchev–Trinajstić information content (AvgIpc) is 3.27. The topological polar surface area (TPSA) is 84.2 Å². The van der Waals surface area contributed by atoms with E-state index >= 15 is 0 Å². The van der Waals surface area contributed by atoms with Gasteiger partial charge in [-0.25, -0.2) is 9.82 Å². The van der Waals surface area contributed by atoms with E-state index < -0.39 is 0 Å². The van der Waals surface area contributed by atoms with Gasteiger partial charge in [0.2, 0.25) is 0 Å². The molecule has 3 aromatic carbocycles. The van der Waals surface area contributed by atoms with Crippen LogP contribution in [0.5, 0.6) is 0 Å². The molecular formula is C24H21FN6OS. The minimum Gasteiger partial charge on any atom is -0.378 e. The molecule has 0 unspecified atom stereocenters. The largest absolute Gasteiger partial charge is 0.378 e. The van der Waals surface area contributed by atoms with Crippen LogP contribution in [0.25, 0.3) is 5.69 Å². The maximum atomic E-state index is 13.0. The molecule has 0 radical (unpaired) electrons. The Balaban J connectivity index is 1.41. The van der Waals surface area contributed by atoms with Gasteiger partial charge in [-0.1, -0.05) is 60.3 Å². The third kappa shape index (κ3) is 6.27. The number of nitrogens with one attached hydrogen (secondary N) is 2. The Labute approximate surface area is 194 Å². The molecule has 1 heterocycles. The number of amides is 1. The third-order valence-electron chi connectivity index (χ3n) is 4.54. The minimum atomic E-state index is -0.326. The highest BCUT2D eigenvalue weighted by molar-refractivity contribution is 7.99. The van der Waals surface area contributed by atoms with Crippen molar-refractivity contribution in [3.8, 4) is 5.69 Å². The van der Waals surface area contributed by atoms with Crippen molar-refractivity contribution in [2.75, 3.05) is 11.1 Å². The smallest absolute Gasteiger partial charge is 0.250 e. The summed E-state index contributed by atoms with van der Waals surface area (Å²) in [5.74, 6) is 0.221. The van der Waals surface area contributed by atoms with E-state index in [1.165, 1.54) is 30.1 Å². The highest BCUT2D eigenvalue weighted by Crippen LogP contribution is 2.22. The highest BCUT2D eigenvalue weighted by Gasteiger charge is 2.15. The van der Waals surface area contributed by atoms with Gasteiger partial charge in [-0.2, -0.15) is 5.10 Å². The Bertz CT molecular complexity index is 1210. The van der Waals surface area contributed by atoms with Crippen molar-refractivity contribution in [2.45, 2.75) is 11.7 Å². The van der Waals surface area contributed by atoms with Crippen LogP contribution in [0, 0.1) is 5.82 Å². The summed E-state index contributed by atoms with van der Waals surface area (Å²) in [6.45, 7) is 0.473. The van der Waals surface area contributed by atoms with Gasteiger partial charge >= 0.3 is 0 Å². The Morgan fingerprint density at radius 1 is 0.970 bits per heavy atom. The number of carbonyl (C=O) groups is 1. The third-order valence-corrected chi connectivity index (χ3v) is 5.47. The van der Waals surface area contributed by atoms with Gasteiger partial charge in [0.25, 0.3) is 5.91 Å². The monoisotopic (exact) mass is 460 g/mol. The van der Waals surface area contributed by atoms with E-state index in [-0.39, 0.29) is 17.5 Å². The first-order valence-electron chi connectivity index (χ1n) is 10.2. The number of rotatable bonds is 9. The van der Waals surface area contributed by atoms with Gasteiger partial charge < -0.3 is 5.32 Å². The van der Waals surface area contributed by atoms with E-state index in [1.54, 1.807) is 12.1 Å². The summed E-state index contributed by atoms with van der Waals surface area (Å²) in [6.07, 6.45) is 1.46. The predicted octanol–water partition coefficient (Wildman–Crippen LogP) is 4.26. The van der Waals surface area contributed by atoms with Crippen LogP contribution in [0.2, 0.25) is 0 Å². The molecule has 0 saturated carbocycles. The zero-order valence-electron chi connectivity index (χ0n) is 17.6. The molecule has 4 rings (SSSR count). The Morgan fingerprint density at radius 2 is 1.67 bits per heavy atom. The van der Waals surface area contributed by atoms with Crippen molar-refractivity contribution in [3.05, 3.63) is 102 Å². The summed E-state index contributed by atoms with van der Waals surface area (Å²) in [7, 11) is 0. The molecular weight excluding hydrogens is 439 g/mol. The van der Waals surface area contributed by atoms with Crippen molar-refractivity contribution < 1.29 is 9.18 Å². The molecule has 166 valence electrons. The Morgan fingerprint density at radius 3 is 2.39 bits per heavy atom. The van der Waals surface area contributed by atoms with Gasteiger partial charge in [-0.3, -0.25) is 9.36 Å². The normalized spacial score (nSPS) is 10.9. The zero-order valence-corrected chi connectivity index (χ0v) is 18.4. The minimum absolute atomic E-state index is 0.109. The second-order valence-electron chi connectivity index (χ2n) is 6.92. The number of hydrazone groups is 1. The fourth-order valence-electron chi connectivity index (χ4n) is 2.97. The Hall–Kier alpha value is -3.98. The maximum Gasteiger partial charge on any atom is 0.250 e. The lowest BCUT2D eigenvalue weighted by Gasteiger charge is -2.11. The first-order chi connectivity index (χ1) is 16.2. The van der Waals surface area contributed by atoms with Crippen LogP contribution < -0.4 is 10.7 Å². The van der Waals surface area contributed by atoms with E-state index in [9.17, 15) is 9.18 Å². The number of hydrogen-bond donors (Lipinski definition) is 2. The van der Waals surface area contributed by atoms with Crippen LogP contribution in [0.4, 0.5) is 10.1 Å². The summed E-state index contributed by atoms with van der Waals surface area (Å²) in [4.78, 5) is 12.3. The number of thioether (sulfide) groups is 1. The quantitative estimate of drug-likeness (QED) is 0.222. The molecule has 0 atom stereocenters. The molecule has 0 bridgehead atoms. The SMILES string of the molecule is O=C(CSc1nnc(CNc2ccccc2)n1-c1ccccc1)NN=Cc1ccc(F)cc1. The van der Waals surface area contributed by atoms with Crippen molar-refractivity contribution in [2.24, 2.45) is 5.10 Å². The van der Waals surface area contributed by atoms with E-state index in [2.05, 4.69) is 26.0 Å². The molecule has 1 aromatic heterocycles. The number of anilines is 1. The molecule has 0 fully saturated rings. The summed E-state index contributed by atoms with van der Waals surface area (Å²) >= 11 is 1.27. The van der Waals surface area contributed by atoms with Crippen LogP contribution in [0.1, 0.15) is 11.4 Å². The van der Waals surface area contributed by atoms with Crippen molar-refractivity contribution in [3.63, 3.8) is 0 Å². The fraction of sp³-hybridized carbons (Fsp3) is 0.0833. The van der Waals surface area contributed by atoms with Gasteiger partial charge in [0.1, 0.15) is 5.82 Å². The number of carbonyl (C=O) groups excluding carboxylic acids is 1. The number of halogens is 1. The molecule has 4 aromatic rings. The lowest BCUT2D eigenvalue weighted by atomic mass is 10.2. The van der Waals surface area contributed by atoms with E-state index in [0.29, 0.717) is 17.3 Å². The van der Waals surface area contributed by atoms with Crippen molar-refractivity contribution in [1.29, 1.82) is 0 Å². The first-order valence-corrected chi connectivity index (χ1v) is 11.2. The standard InChI is InChI=1S/C24H21FN6OS/c25-19-13-11-18(12-14-19)15-27-29-23(32)17-33-24-30-28-22(16-26-20-7-3-1-4-8-20)31(24)21-9-5-2-6-10-21/h1-15,26H,16-17H2,(H,29,32). The van der Waals surface area contributed by atoms with E-state index in [4.69, 9.17) is 0 Å². The molecule has 0 aliphatic rings. The molecule has 33 heavy (non-hydrogen) atoms. The lowest BCUT2D eigenvalue weighted by Crippen LogP contribution is -2.20. The first kappa shape index (κ1) is 22.2. The summed E-state index contributed by atoms with van der Waals surface area (Å²) in [5.41, 5.74) is 5.05. The highest BCUT2D eigenvalue weighted by atomic mass is 32.2. The van der Waals surface area contributed by atoms with Crippen LogP contribution in [0.3, 0.4) is 0 Å². The van der Waals surface area contributed by atoms with Crippen molar-refractivity contribution >= 4 is 29.6 Å². The van der Waals surface area contributed by atoms with Gasteiger partial charge in [0, 0.05) is 11.4 Å². The van der Waals surface area contributed by atoms with Crippen LogP contribution in [-0.2, 0) is 11.3 Å². The number of benzene rings is 3. The summed E-state index contributed by atoms with van der Waals surface area (Å²) in [6, 6.07) is 25.4. The zero-order chi connectivity index (χ0) is 22.9. The lowest BCUT2D eigenvalue weighted by molar-refractivity contribution is -0.118. The predicted molar refractivity (Wildman–Crippen MR) is 128 cm³/mol. The van der Waals surface area contributed by atoms with Crippen LogP contribution in [-0.4, -0.2) is 32.6 Å². The number of para-hydroxylation sites is 2.